The molecule has 0 saturated carbocycles. The van der Waals surface area contributed by atoms with E-state index in [0.717, 1.165) is 35.0 Å². The van der Waals surface area contributed by atoms with Crippen LogP contribution in [0.25, 0.3) is 10.6 Å². The number of pyridine rings is 1. The van der Waals surface area contributed by atoms with Crippen LogP contribution >= 0.6 is 45.9 Å². The number of fused-ring (bicyclic) bond motifs is 1. The molecule has 15 heteroatoms. The van der Waals surface area contributed by atoms with Gasteiger partial charge in [-0.15, -0.1) is 11.3 Å². The molecule has 6 heterocycles. The van der Waals surface area contributed by atoms with E-state index >= 15 is 0 Å². The van der Waals surface area contributed by atoms with Crippen LogP contribution in [0.2, 0.25) is 10.0 Å². The van der Waals surface area contributed by atoms with Gasteiger partial charge < -0.3 is 19.3 Å². The van der Waals surface area contributed by atoms with Crippen LogP contribution in [0.15, 0.2) is 23.7 Å². The summed E-state index contributed by atoms with van der Waals surface area (Å²) in [6.07, 6.45) is 4.46. The summed E-state index contributed by atoms with van der Waals surface area (Å²) in [5.41, 5.74) is 0.532. The van der Waals surface area contributed by atoms with Crippen molar-refractivity contribution in [2.75, 3.05) is 47.9 Å². The summed E-state index contributed by atoms with van der Waals surface area (Å²) >= 11 is 15.8. The third-order valence-electron chi connectivity index (χ3n) is 8.79. The quantitative estimate of drug-likeness (QED) is 0.248. The number of nitrogens with zero attached hydrogens (tertiary/aromatic N) is 4. The van der Waals surface area contributed by atoms with Crippen LogP contribution < -0.4 is 20.4 Å². The lowest BCUT2D eigenvalue weighted by molar-refractivity contribution is -0.158. The van der Waals surface area contributed by atoms with E-state index in [1.165, 1.54) is 28.9 Å². The van der Waals surface area contributed by atoms with Crippen molar-refractivity contribution >= 4 is 79.7 Å². The van der Waals surface area contributed by atoms with Crippen LogP contribution in [-0.4, -0.2) is 78.3 Å². The van der Waals surface area contributed by atoms with Crippen LogP contribution in [0.3, 0.4) is 0 Å². The van der Waals surface area contributed by atoms with Crippen molar-refractivity contribution in [1.29, 1.82) is 0 Å². The molecule has 3 aromatic rings. The molecule has 11 nitrogen and oxygen atoms in total. The molecule has 6 rings (SSSR count). The maximum absolute atomic E-state index is 13.4. The van der Waals surface area contributed by atoms with Gasteiger partial charge >= 0.3 is 11.9 Å². The molecule has 258 valence electrons. The van der Waals surface area contributed by atoms with E-state index in [1.807, 2.05) is 44.0 Å². The number of rotatable bonds is 8. The van der Waals surface area contributed by atoms with Gasteiger partial charge in [0.05, 0.1) is 33.0 Å². The van der Waals surface area contributed by atoms with Crippen LogP contribution in [-0.2, 0) is 19.1 Å². The van der Waals surface area contributed by atoms with E-state index in [-0.39, 0.29) is 35.8 Å². The molecule has 3 unspecified atom stereocenters. The van der Waals surface area contributed by atoms with Crippen molar-refractivity contribution in [2.24, 2.45) is 11.8 Å². The van der Waals surface area contributed by atoms with Crippen molar-refractivity contribution in [3.63, 3.8) is 0 Å². The Labute approximate surface area is 298 Å². The predicted octanol–water partition coefficient (Wildman–Crippen LogP) is 6.50. The number of thiazole rings is 1. The molecule has 2 N–H and O–H groups in total. The normalized spacial score (nSPS) is 21.6. The molecule has 0 bridgehead atoms. The van der Waals surface area contributed by atoms with Gasteiger partial charge in [0.15, 0.2) is 5.13 Å². The zero-order valence-corrected chi connectivity index (χ0v) is 30.5. The van der Waals surface area contributed by atoms with Crippen molar-refractivity contribution in [3.05, 3.63) is 39.3 Å². The van der Waals surface area contributed by atoms with Crippen molar-refractivity contribution in [3.8, 4) is 10.6 Å². The SMILES string of the molecule is CCOC(=O)C1CCN(c2ncc(C(=O)Nc3nc(-c4cc(Cl)cs4)c(N4CC5CCC(C(=O)OC(C)(C)C)NC5C4)s3)cc2Cl)CC1. The maximum atomic E-state index is 13.4. The highest BCUT2D eigenvalue weighted by Gasteiger charge is 2.42. The zero-order valence-electron chi connectivity index (χ0n) is 27.4. The van der Waals surface area contributed by atoms with Crippen LogP contribution in [0, 0.1) is 11.8 Å². The number of piperidine rings is 2. The summed E-state index contributed by atoms with van der Waals surface area (Å²) in [4.78, 5) is 53.0. The van der Waals surface area contributed by atoms with E-state index < -0.39 is 5.60 Å². The summed E-state index contributed by atoms with van der Waals surface area (Å²) in [6.45, 7) is 10.6. The Morgan fingerprint density at radius 2 is 1.83 bits per heavy atom. The number of anilines is 3. The summed E-state index contributed by atoms with van der Waals surface area (Å²) in [6, 6.07) is 3.29. The minimum absolute atomic E-state index is 0.124. The van der Waals surface area contributed by atoms with Crippen LogP contribution in [0.1, 0.15) is 63.7 Å². The number of ether oxygens (including phenoxy) is 2. The number of thiophene rings is 1. The third kappa shape index (κ3) is 7.91. The third-order valence-corrected chi connectivity index (χ3v) is 11.4. The van der Waals surface area contributed by atoms with Gasteiger partial charge in [-0.25, -0.2) is 9.97 Å². The smallest absolute Gasteiger partial charge is 0.323 e. The number of hydrogen-bond donors (Lipinski definition) is 2. The Hall–Kier alpha value is -2.97. The lowest BCUT2D eigenvalue weighted by atomic mass is 9.90. The second-order valence-corrected chi connectivity index (χ2v) is 16.1. The number of amides is 1. The first-order valence-electron chi connectivity index (χ1n) is 16.3. The van der Waals surface area contributed by atoms with Crippen LogP contribution in [0.5, 0.6) is 0 Å². The Morgan fingerprint density at radius 3 is 2.50 bits per heavy atom. The second-order valence-electron chi connectivity index (χ2n) is 13.4. The maximum Gasteiger partial charge on any atom is 0.323 e. The molecule has 3 aliphatic rings. The molecule has 0 aromatic carbocycles. The van der Waals surface area contributed by atoms with Gasteiger partial charge in [-0.1, -0.05) is 34.5 Å². The Bertz CT molecular complexity index is 1670. The summed E-state index contributed by atoms with van der Waals surface area (Å²) in [5.74, 6) is 0.0827. The predicted molar refractivity (Wildman–Crippen MR) is 191 cm³/mol. The van der Waals surface area contributed by atoms with Crippen LogP contribution in [0.4, 0.5) is 16.0 Å². The van der Waals surface area contributed by atoms with Gasteiger partial charge in [0, 0.05) is 43.8 Å². The summed E-state index contributed by atoms with van der Waals surface area (Å²) < 4.78 is 10.8. The van der Waals surface area contributed by atoms with Crippen molar-refractivity contribution < 1.29 is 23.9 Å². The number of halogens is 2. The first kappa shape index (κ1) is 34.9. The molecule has 0 aliphatic carbocycles. The number of aromatic nitrogens is 2. The van der Waals surface area contributed by atoms with Gasteiger partial charge in [0.2, 0.25) is 0 Å². The molecule has 3 aliphatic heterocycles. The monoisotopic (exact) mass is 734 g/mol. The molecule has 0 radical (unpaired) electrons. The number of carbonyl (C=O) groups is 3. The molecule has 3 saturated heterocycles. The van der Waals surface area contributed by atoms with E-state index in [1.54, 1.807) is 6.07 Å². The average Bonchev–Trinajstić information content (AvgIpc) is 3.78. The highest BCUT2D eigenvalue weighted by atomic mass is 35.5. The lowest BCUT2D eigenvalue weighted by Gasteiger charge is -2.32. The van der Waals surface area contributed by atoms with Crippen molar-refractivity contribution in [1.82, 2.24) is 15.3 Å². The van der Waals surface area contributed by atoms with Gasteiger partial charge in [0.25, 0.3) is 5.91 Å². The average molecular weight is 736 g/mol. The minimum atomic E-state index is -0.537. The van der Waals surface area contributed by atoms with E-state index in [2.05, 4.69) is 20.5 Å². The van der Waals surface area contributed by atoms with Gasteiger partial charge in [-0.05, 0) is 71.4 Å². The molecular formula is C33H40Cl2N6O5S2. The second kappa shape index (κ2) is 14.5. The van der Waals surface area contributed by atoms with E-state index in [9.17, 15) is 14.4 Å². The summed E-state index contributed by atoms with van der Waals surface area (Å²) in [5, 5.41) is 10.7. The van der Waals surface area contributed by atoms with Gasteiger partial charge in [-0.3, -0.25) is 25.0 Å². The number of carbonyl (C=O) groups excluding carboxylic acids is 3. The van der Waals surface area contributed by atoms with Gasteiger partial charge in [-0.2, -0.15) is 0 Å². The van der Waals surface area contributed by atoms with E-state index in [0.29, 0.717) is 71.6 Å². The molecule has 48 heavy (non-hydrogen) atoms. The number of hydrogen-bond acceptors (Lipinski definition) is 12. The lowest BCUT2D eigenvalue weighted by Crippen LogP contribution is -2.52. The minimum Gasteiger partial charge on any atom is -0.466 e. The molecule has 3 fully saturated rings. The molecule has 3 aromatic heterocycles. The molecule has 0 spiro atoms. The van der Waals surface area contributed by atoms with E-state index in [4.69, 9.17) is 37.7 Å². The van der Waals surface area contributed by atoms with Gasteiger partial charge in [0.1, 0.15) is 28.2 Å². The Balaban J connectivity index is 1.15. The fraction of sp³-hybridized carbons (Fsp3) is 0.545. The Morgan fingerprint density at radius 1 is 1.06 bits per heavy atom. The number of esters is 2. The first-order chi connectivity index (χ1) is 22.9. The highest BCUT2D eigenvalue weighted by Crippen LogP contribution is 2.44. The van der Waals surface area contributed by atoms with Crippen molar-refractivity contribution in [2.45, 2.75) is 71.1 Å². The molecule has 3 atom stereocenters. The standard InChI is InChI=1S/C33H40Cl2N6O5S2/c1-5-45-30(43)18-8-10-40(11-9-18)27-22(35)12-20(14-36-27)28(42)39-32-38-26(25-13-21(34)17-47-25)29(48-32)41-15-19-6-7-23(37-24(19)16-41)31(44)46-33(2,3)4/h12-14,17-19,23-24,37H,5-11,15-16H2,1-4H3,(H,38,39,42). The number of nitrogens with one attached hydrogen (secondary N) is 2. The molecular weight excluding hydrogens is 695 g/mol. The molecule has 1 amide bonds. The topological polar surface area (TPSA) is 126 Å². The Kier molecular flexibility index (Phi) is 10.5. The first-order valence-corrected chi connectivity index (χ1v) is 18.7. The fourth-order valence-electron chi connectivity index (χ4n) is 6.52. The zero-order chi connectivity index (χ0) is 34.2. The highest BCUT2D eigenvalue weighted by molar-refractivity contribution is 7.21. The largest absolute Gasteiger partial charge is 0.466 e. The fourth-order valence-corrected chi connectivity index (χ4v) is 8.93. The summed E-state index contributed by atoms with van der Waals surface area (Å²) in [7, 11) is 0.